The molecule has 0 atom stereocenters. The fourth-order valence-corrected chi connectivity index (χ4v) is 1.09. The molecule has 1 aromatic rings. The molecular formula is C10H14N2O3. The van der Waals surface area contributed by atoms with Crippen LogP contribution in [0.2, 0.25) is 0 Å². The first kappa shape index (κ1) is 11.3. The van der Waals surface area contributed by atoms with Crippen LogP contribution < -0.4 is 15.2 Å². The topological polar surface area (TPSA) is 88.6 Å². The molecule has 0 saturated heterocycles. The monoisotopic (exact) mass is 210 g/mol. The second-order valence-electron chi connectivity index (χ2n) is 2.96. The van der Waals surface area contributed by atoms with Gasteiger partial charge in [0.25, 0.3) is 0 Å². The van der Waals surface area contributed by atoms with Crippen LogP contribution in [0.1, 0.15) is 5.56 Å². The molecule has 0 amide bonds. The average Bonchev–Trinajstić information content (AvgIpc) is 2.25. The molecule has 0 bridgehead atoms. The van der Waals surface area contributed by atoms with Crippen LogP contribution in [0.3, 0.4) is 0 Å². The van der Waals surface area contributed by atoms with E-state index < -0.39 is 0 Å². The minimum Gasteiger partial charge on any atom is -0.493 e. The number of methoxy groups -OCH3 is 1. The predicted octanol–water partition coefficient (Wildman–Crippen LogP) is 0.502. The highest BCUT2D eigenvalue weighted by Crippen LogP contribution is 2.27. The molecule has 0 fully saturated rings. The van der Waals surface area contributed by atoms with Crippen molar-refractivity contribution in [1.29, 1.82) is 5.41 Å². The summed E-state index contributed by atoms with van der Waals surface area (Å²) < 4.78 is 10.3. The smallest absolute Gasteiger partial charge is 0.161 e. The Kier molecular flexibility index (Phi) is 3.93. The van der Waals surface area contributed by atoms with Crippen molar-refractivity contribution >= 4 is 5.84 Å². The van der Waals surface area contributed by atoms with Gasteiger partial charge >= 0.3 is 0 Å². The summed E-state index contributed by atoms with van der Waals surface area (Å²) in [6.45, 7) is -0.0296. The molecule has 1 aromatic carbocycles. The van der Waals surface area contributed by atoms with Crippen molar-refractivity contribution < 1.29 is 14.6 Å². The first-order chi connectivity index (χ1) is 7.17. The molecule has 5 heteroatoms. The summed E-state index contributed by atoms with van der Waals surface area (Å²) in [5.74, 6) is 0.969. The zero-order valence-electron chi connectivity index (χ0n) is 8.49. The van der Waals surface area contributed by atoms with Gasteiger partial charge in [0.15, 0.2) is 11.5 Å². The quantitative estimate of drug-likeness (QED) is 0.487. The van der Waals surface area contributed by atoms with Gasteiger partial charge in [-0.3, -0.25) is 5.41 Å². The number of nitrogens with one attached hydrogen (secondary N) is 1. The van der Waals surface area contributed by atoms with E-state index in [0.29, 0.717) is 11.5 Å². The van der Waals surface area contributed by atoms with Gasteiger partial charge in [-0.25, -0.2) is 0 Å². The van der Waals surface area contributed by atoms with Gasteiger partial charge in [-0.15, -0.1) is 0 Å². The molecule has 82 valence electrons. The Hall–Kier alpha value is -1.75. The minimum absolute atomic E-state index is 0.0227. The van der Waals surface area contributed by atoms with E-state index in [1.54, 1.807) is 18.2 Å². The Balaban J connectivity index is 2.82. The molecule has 0 radical (unpaired) electrons. The van der Waals surface area contributed by atoms with Gasteiger partial charge in [-0.1, -0.05) is 6.07 Å². The lowest BCUT2D eigenvalue weighted by molar-refractivity contribution is 0.279. The number of hydrogen-bond acceptors (Lipinski definition) is 4. The van der Waals surface area contributed by atoms with Crippen molar-refractivity contribution in [2.45, 2.75) is 6.61 Å². The molecule has 5 nitrogen and oxygen atoms in total. The van der Waals surface area contributed by atoms with E-state index in [1.165, 1.54) is 7.11 Å². The highest BCUT2D eigenvalue weighted by atomic mass is 16.5. The zero-order valence-corrected chi connectivity index (χ0v) is 8.49. The molecule has 1 rings (SSSR count). The van der Waals surface area contributed by atoms with E-state index in [9.17, 15) is 0 Å². The Labute approximate surface area is 87.9 Å². The Bertz CT molecular complexity index is 353. The Morgan fingerprint density at radius 2 is 2.20 bits per heavy atom. The van der Waals surface area contributed by atoms with E-state index in [0.717, 1.165) is 5.56 Å². The number of rotatable bonds is 5. The summed E-state index contributed by atoms with van der Waals surface area (Å²) in [6.07, 6.45) is 0. The second-order valence-corrected chi connectivity index (χ2v) is 2.96. The summed E-state index contributed by atoms with van der Waals surface area (Å²) in [4.78, 5) is 0. The van der Waals surface area contributed by atoms with E-state index in [1.807, 2.05) is 0 Å². The van der Waals surface area contributed by atoms with E-state index in [4.69, 9.17) is 25.7 Å². The van der Waals surface area contributed by atoms with Crippen molar-refractivity contribution in [3.63, 3.8) is 0 Å². The number of nitrogens with two attached hydrogens (primary N) is 1. The summed E-state index contributed by atoms with van der Waals surface area (Å²) >= 11 is 0. The molecule has 0 heterocycles. The SMILES string of the molecule is COc1cc(CO)ccc1OCC(=N)N. The number of benzene rings is 1. The lowest BCUT2D eigenvalue weighted by Crippen LogP contribution is -2.19. The molecule has 0 saturated carbocycles. The van der Waals surface area contributed by atoms with Gasteiger partial charge < -0.3 is 20.3 Å². The van der Waals surface area contributed by atoms with Crippen LogP contribution in [-0.4, -0.2) is 24.7 Å². The van der Waals surface area contributed by atoms with E-state index in [-0.39, 0.29) is 19.0 Å². The summed E-state index contributed by atoms with van der Waals surface area (Å²) in [5, 5.41) is 15.9. The molecule has 0 unspecified atom stereocenters. The van der Waals surface area contributed by atoms with Crippen molar-refractivity contribution in [2.24, 2.45) is 5.73 Å². The molecule has 0 spiro atoms. The minimum atomic E-state index is -0.0525. The summed E-state index contributed by atoms with van der Waals surface area (Å²) in [5.41, 5.74) is 5.90. The van der Waals surface area contributed by atoms with Gasteiger partial charge in [0.2, 0.25) is 0 Å². The molecular weight excluding hydrogens is 196 g/mol. The fourth-order valence-electron chi connectivity index (χ4n) is 1.09. The normalized spacial score (nSPS) is 9.73. The van der Waals surface area contributed by atoms with Gasteiger partial charge in [0, 0.05) is 0 Å². The van der Waals surface area contributed by atoms with Crippen molar-refractivity contribution in [1.82, 2.24) is 0 Å². The van der Waals surface area contributed by atoms with Crippen LogP contribution in [0.25, 0.3) is 0 Å². The number of aliphatic hydroxyl groups excluding tert-OH is 1. The third-order valence-corrected chi connectivity index (χ3v) is 1.79. The molecule has 15 heavy (non-hydrogen) atoms. The lowest BCUT2D eigenvalue weighted by atomic mass is 10.2. The van der Waals surface area contributed by atoms with Crippen LogP contribution in [0.5, 0.6) is 11.5 Å². The maximum atomic E-state index is 8.92. The summed E-state index contributed by atoms with van der Waals surface area (Å²) in [6, 6.07) is 5.07. The first-order valence-electron chi connectivity index (χ1n) is 4.41. The maximum absolute atomic E-state index is 8.92. The van der Waals surface area contributed by atoms with Gasteiger partial charge in [-0.2, -0.15) is 0 Å². The van der Waals surface area contributed by atoms with E-state index >= 15 is 0 Å². The predicted molar refractivity (Wildman–Crippen MR) is 56.3 cm³/mol. The average molecular weight is 210 g/mol. The highest BCUT2D eigenvalue weighted by molar-refractivity contribution is 5.78. The Morgan fingerprint density at radius 3 is 2.73 bits per heavy atom. The fraction of sp³-hybridized carbons (Fsp3) is 0.300. The first-order valence-corrected chi connectivity index (χ1v) is 4.41. The Morgan fingerprint density at radius 1 is 1.47 bits per heavy atom. The van der Waals surface area contributed by atoms with Crippen molar-refractivity contribution in [3.8, 4) is 11.5 Å². The maximum Gasteiger partial charge on any atom is 0.161 e. The lowest BCUT2D eigenvalue weighted by Gasteiger charge is -2.10. The van der Waals surface area contributed by atoms with Crippen molar-refractivity contribution in [2.75, 3.05) is 13.7 Å². The second kappa shape index (κ2) is 5.21. The van der Waals surface area contributed by atoms with Crippen molar-refractivity contribution in [3.05, 3.63) is 23.8 Å². The number of aliphatic hydroxyl groups is 1. The van der Waals surface area contributed by atoms with Gasteiger partial charge in [-0.05, 0) is 17.7 Å². The molecule has 0 aliphatic carbocycles. The van der Waals surface area contributed by atoms with Gasteiger partial charge in [0.1, 0.15) is 12.4 Å². The molecule has 0 aromatic heterocycles. The zero-order chi connectivity index (χ0) is 11.3. The van der Waals surface area contributed by atoms with Gasteiger partial charge in [0.05, 0.1) is 13.7 Å². The van der Waals surface area contributed by atoms with Crippen LogP contribution >= 0.6 is 0 Å². The molecule has 0 aliphatic rings. The highest BCUT2D eigenvalue weighted by Gasteiger charge is 2.05. The van der Waals surface area contributed by atoms with Crippen LogP contribution in [0.4, 0.5) is 0 Å². The number of amidine groups is 1. The standard InChI is InChI=1S/C10H14N2O3/c1-14-9-4-7(5-13)2-3-8(9)15-6-10(11)12/h2-4,13H,5-6H2,1H3,(H3,11,12). The molecule has 0 aliphatic heterocycles. The number of hydrogen-bond donors (Lipinski definition) is 3. The van der Waals surface area contributed by atoms with Crippen LogP contribution in [0, 0.1) is 5.41 Å². The number of ether oxygens (including phenoxy) is 2. The van der Waals surface area contributed by atoms with Crippen LogP contribution in [0.15, 0.2) is 18.2 Å². The third kappa shape index (κ3) is 3.14. The summed E-state index contributed by atoms with van der Waals surface area (Å²) in [7, 11) is 1.51. The van der Waals surface area contributed by atoms with E-state index in [2.05, 4.69) is 0 Å². The van der Waals surface area contributed by atoms with Crippen LogP contribution in [-0.2, 0) is 6.61 Å². The largest absolute Gasteiger partial charge is 0.493 e. The molecule has 4 N–H and O–H groups in total. The third-order valence-electron chi connectivity index (χ3n) is 1.79.